The van der Waals surface area contributed by atoms with Gasteiger partial charge in [-0.1, -0.05) is 71.9 Å². The van der Waals surface area contributed by atoms with E-state index in [1.165, 1.54) is 6.08 Å². The fourth-order valence-corrected chi connectivity index (χ4v) is 4.28. The van der Waals surface area contributed by atoms with Crippen molar-refractivity contribution >= 4 is 58.2 Å². The molecule has 0 bridgehead atoms. The van der Waals surface area contributed by atoms with Crippen molar-refractivity contribution < 1.29 is 19.1 Å². The summed E-state index contributed by atoms with van der Waals surface area (Å²) >= 11 is 6.37. The number of hydrogen-bond donors (Lipinski definition) is 1. The maximum absolute atomic E-state index is 12.8. The number of ether oxygens (including phenoxy) is 1. The van der Waals surface area contributed by atoms with E-state index < -0.39 is 17.8 Å². The van der Waals surface area contributed by atoms with Crippen LogP contribution in [0.5, 0.6) is 5.75 Å². The van der Waals surface area contributed by atoms with Crippen LogP contribution < -0.4 is 10.2 Å². The lowest BCUT2D eigenvalue weighted by Crippen LogP contribution is -2.44. The molecule has 3 aromatic carbocycles. The number of nitrogens with one attached hydrogen (secondary N) is 1. The van der Waals surface area contributed by atoms with Gasteiger partial charge in [0.2, 0.25) is 0 Å². The summed E-state index contributed by atoms with van der Waals surface area (Å²) in [5.41, 5.74) is 5.63. The van der Waals surface area contributed by atoms with Gasteiger partial charge < -0.3 is 4.74 Å². The number of aryl methyl sites for hydroxylation is 1. The molecule has 1 aliphatic rings. The molecule has 35 heavy (non-hydrogen) atoms. The summed E-state index contributed by atoms with van der Waals surface area (Å²) in [7, 11) is 0. The molecule has 1 heterocycles. The molecule has 0 radical (unpaired) electrons. The van der Waals surface area contributed by atoms with E-state index in [1.807, 2.05) is 49.4 Å². The average Bonchev–Trinajstić information content (AvgIpc) is 3.12. The predicted molar refractivity (Wildman–Crippen MR) is 141 cm³/mol. The molecule has 6 nitrogen and oxygen atoms in total. The van der Waals surface area contributed by atoms with Crippen molar-refractivity contribution in [3.05, 3.63) is 112 Å². The fraction of sp³-hybridized carbons (Fsp3) is 0.0370. The van der Waals surface area contributed by atoms with Crippen molar-refractivity contribution in [3.8, 4) is 5.75 Å². The Balaban J connectivity index is 1.37. The molecule has 8 heteroatoms. The maximum Gasteiger partial charge on any atom is 0.336 e. The predicted octanol–water partition coefficient (Wildman–Crippen LogP) is 5.16. The quantitative estimate of drug-likeness (QED) is 0.218. The number of amides is 2. The smallest absolute Gasteiger partial charge is 0.336 e. The minimum atomic E-state index is -0.494. The number of rotatable bonds is 6. The first-order valence-corrected chi connectivity index (χ1v) is 11.8. The standard InChI is InChI=1S/C27H20N2O4S2/c1-18-7-12-21(13-8-18)25(31)28-29-26(32)23(35-27(29)34)17-20-9-14-22(15-10-20)33-24(30)16-11-19-5-3-2-4-6-19/h2-17H,1H3,(H,28,31). The van der Waals surface area contributed by atoms with E-state index >= 15 is 0 Å². The summed E-state index contributed by atoms with van der Waals surface area (Å²) in [4.78, 5) is 37.7. The van der Waals surface area contributed by atoms with Gasteiger partial charge in [-0.05, 0) is 66.7 Å². The van der Waals surface area contributed by atoms with Gasteiger partial charge in [0, 0.05) is 11.6 Å². The van der Waals surface area contributed by atoms with Crippen molar-refractivity contribution in [2.75, 3.05) is 0 Å². The van der Waals surface area contributed by atoms with Crippen LogP contribution in [-0.4, -0.2) is 27.1 Å². The Bertz CT molecular complexity index is 1330. The van der Waals surface area contributed by atoms with Crippen LogP contribution in [0.3, 0.4) is 0 Å². The molecule has 0 aliphatic carbocycles. The third-order valence-corrected chi connectivity index (χ3v) is 6.23. The Kier molecular flexibility index (Phi) is 7.54. The number of benzene rings is 3. The van der Waals surface area contributed by atoms with Crippen LogP contribution in [0.1, 0.15) is 27.0 Å². The molecule has 1 aliphatic heterocycles. The highest BCUT2D eigenvalue weighted by atomic mass is 32.2. The van der Waals surface area contributed by atoms with Crippen LogP contribution in [-0.2, 0) is 9.59 Å². The molecule has 0 atom stereocenters. The lowest BCUT2D eigenvalue weighted by Gasteiger charge is -2.15. The second kappa shape index (κ2) is 10.9. The number of carbonyl (C=O) groups excluding carboxylic acids is 3. The highest BCUT2D eigenvalue weighted by Gasteiger charge is 2.33. The molecule has 0 spiro atoms. The highest BCUT2D eigenvalue weighted by molar-refractivity contribution is 8.26. The van der Waals surface area contributed by atoms with Crippen LogP contribution in [0.15, 0.2) is 89.8 Å². The SMILES string of the molecule is Cc1ccc(C(=O)NN2C(=O)C(=Cc3ccc(OC(=O)C=Cc4ccccc4)cc3)SC2=S)cc1. The summed E-state index contributed by atoms with van der Waals surface area (Å²) in [6, 6.07) is 23.2. The number of hydrogen-bond acceptors (Lipinski definition) is 6. The van der Waals surface area contributed by atoms with Crippen molar-refractivity contribution in [1.29, 1.82) is 0 Å². The highest BCUT2D eigenvalue weighted by Crippen LogP contribution is 2.31. The van der Waals surface area contributed by atoms with Crippen LogP contribution >= 0.6 is 24.0 Å². The molecule has 174 valence electrons. The normalized spacial score (nSPS) is 14.5. The molecule has 1 N–H and O–H groups in total. The molecule has 4 rings (SSSR count). The fourth-order valence-electron chi connectivity index (χ4n) is 3.10. The molecule has 1 fully saturated rings. The molecule has 0 aromatic heterocycles. The number of thiocarbonyl (C=S) groups is 1. The van der Waals surface area contributed by atoms with Crippen LogP contribution in [0.2, 0.25) is 0 Å². The number of nitrogens with zero attached hydrogens (tertiary/aromatic N) is 1. The van der Waals surface area contributed by atoms with Gasteiger partial charge in [-0.25, -0.2) is 4.79 Å². The summed E-state index contributed by atoms with van der Waals surface area (Å²) in [6.45, 7) is 1.92. The van der Waals surface area contributed by atoms with E-state index in [-0.39, 0.29) is 4.32 Å². The van der Waals surface area contributed by atoms with Gasteiger partial charge in [-0.3, -0.25) is 15.0 Å². The molecule has 0 saturated carbocycles. The zero-order valence-electron chi connectivity index (χ0n) is 18.6. The van der Waals surface area contributed by atoms with Crippen LogP contribution in [0.25, 0.3) is 12.2 Å². The zero-order valence-corrected chi connectivity index (χ0v) is 20.3. The van der Waals surface area contributed by atoms with Crippen molar-refractivity contribution in [2.45, 2.75) is 6.92 Å². The second-order valence-electron chi connectivity index (χ2n) is 7.56. The van der Waals surface area contributed by atoms with E-state index in [1.54, 1.807) is 48.6 Å². The third-order valence-electron chi connectivity index (χ3n) is 4.93. The molecule has 1 saturated heterocycles. The molecule has 0 unspecified atom stereocenters. The van der Waals surface area contributed by atoms with Gasteiger partial charge >= 0.3 is 5.97 Å². The van der Waals surface area contributed by atoms with E-state index in [0.29, 0.717) is 16.2 Å². The summed E-state index contributed by atoms with van der Waals surface area (Å²) in [5, 5.41) is 1.07. The number of thioether (sulfide) groups is 1. The van der Waals surface area contributed by atoms with Crippen molar-refractivity contribution in [1.82, 2.24) is 10.4 Å². The van der Waals surface area contributed by atoms with E-state index in [0.717, 1.165) is 33.5 Å². The Morgan fingerprint density at radius 2 is 1.63 bits per heavy atom. The van der Waals surface area contributed by atoms with Crippen molar-refractivity contribution in [3.63, 3.8) is 0 Å². The summed E-state index contributed by atoms with van der Waals surface area (Å²) < 4.78 is 5.55. The van der Waals surface area contributed by atoms with E-state index in [2.05, 4.69) is 5.43 Å². The first-order chi connectivity index (χ1) is 16.9. The lowest BCUT2D eigenvalue weighted by atomic mass is 10.1. The Labute approximate surface area is 212 Å². The average molecular weight is 501 g/mol. The number of carbonyl (C=O) groups is 3. The van der Waals surface area contributed by atoms with Gasteiger partial charge in [-0.15, -0.1) is 0 Å². The minimum Gasteiger partial charge on any atom is -0.423 e. The Hall–Kier alpha value is -4.01. The third kappa shape index (κ3) is 6.32. The lowest BCUT2D eigenvalue weighted by molar-refractivity contribution is -0.129. The topological polar surface area (TPSA) is 75.7 Å². The molecular formula is C27H20N2O4S2. The Morgan fingerprint density at radius 1 is 0.943 bits per heavy atom. The van der Waals surface area contributed by atoms with Gasteiger partial charge in [0.1, 0.15) is 5.75 Å². The largest absolute Gasteiger partial charge is 0.423 e. The monoisotopic (exact) mass is 500 g/mol. The van der Waals surface area contributed by atoms with E-state index in [9.17, 15) is 14.4 Å². The maximum atomic E-state index is 12.8. The number of esters is 1. The first-order valence-electron chi connectivity index (χ1n) is 10.6. The van der Waals surface area contributed by atoms with Crippen molar-refractivity contribution in [2.24, 2.45) is 0 Å². The van der Waals surface area contributed by atoms with Crippen LogP contribution in [0, 0.1) is 6.92 Å². The van der Waals surface area contributed by atoms with Gasteiger partial charge in [0.15, 0.2) is 4.32 Å². The van der Waals surface area contributed by atoms with Gasteiger partial charge in [-0.2, -0.15) is 5.01 Å². The summed E-state index contributed by atoms with van der Waals surface area (Å²) in [5.74, 6) is -0.952. The molecular weight excluding hydrogens is 480 g/mol. The number of hydrazine groups is 1. The minimum absolute atomic E-state index is 0.234. The first kappa shape index (κ1) is 24.1. The summed E-state index contributed by atoms with van der Waals surface area (Å²) in [6.07, 6.45) is 4.70. The van der Waals surface area contributed by atoms with Gasteiger partial charge in [0.05, 0.1) is 4.91 Å². The Morgan fingerprint density at radius 3 is 2.31 bits per heavy atom. The second-order valence-corrected chi connectivity index (χ2v) is 9.23. The zero-order chi connectivity index (χ0) is 24.8. The molecule has 2 amide bonds. The van der Waals surface area contributed by atoms with Gasteiger partial charge in [0.25, 0.3) is 11.8 Å². The van der Waals surface area contributed by atoms with Crippen LogP contribution in [0.4, 0.5) is 0 Å². The van der Waals surface area contributed by atoms with E-state index in [4.69, 9.17) is 17.0 Å². The molecule has 3 aromatic rings.